The van der Waals surface area contributed by atoms with Crippen molar-refractivity contribution in [1.82, 2.24) is 0 Å². The van der Waals surface area contributed by atoms with Gasteiger partial charge < -0.3 is 19.1 Å². The number of amides is 1. The van der Waals surface area contributed by atoms with E-state index in [-0.39, 0.29) is 5.91 Å². The zero-order valence-electron chi connectivity index (χ0n) is 14.6. The van der Waals surface area contributed by atoms with Crippen molar-refractivity contribution in [2.75, 3.05) is 31.8 Å². The number of halogens is 1. The number of carbonyl (C=O) groups is 1. The third-order valence-electron chi connectivity index (χ3n) is 4.69. The van der Waals surface area contributed by atoms with Crippen LogP contribution in [0.1, 0.15) is 28.8 Å². The molecule has 2 aromatic rings. The van der Waals surface area contributed by atoms with E-state index in [1.807, 2.05) is 18.2 Å². The fourth-order valence-electron chi connectivity index (χ4n) is 3.49. The molecule has 4 rings (SSSR count). The average molecular weight is 374 g/mol. The first-order valence-electron chi connectivity index (χ1n) is 8.76. The van der Waals surface area contributed by atoms with Crippen LogP contribution in [0, 0.1) is 0 Å². The summed E-state index contributed by atoms with van der Waals surface area (Å²) >= 11 is 6.36. The molecule has 0 atom stereocenters. The Morgan fingerprint density at radius 3 is 2.88 bits per heavy atom. The van der Waals surface area contributed by atoms with E-state index in [1.165, 1.54) is 0 Å². The quantitative estimate of drug-likeness (QED) is 0.795. The van der Waals surface area contributed by atoms with Crippen LogP contribution >= 0.6 is 11.6 Å². The molecule has 5 nitrogen and oxygen atoms in total. The third-order valence-corrected chi connectivity index (χ3v) is 4.98. The molecule has 136 valence electrons. The SMILES string of the molecule is COc1cccc2c1N(C(=O)c1cc(Cl)c3c(c1)OCCCO3)CCC2. The topological polar surface area (TPSA) is 48.0 Å². The van der Waals surface area contributed by atoms with Gasteiger partial charge in [-0.3, -0.25) is 4.79 Å². The third kappa shape index (κ3) is 2.97. The Hall–Kier alpha value is -2.40. The van der Waals surface area contributed by atoms with Gasteiger partial charge in [-0.05, 0) is 36.6 Å². The van der Waals surface area contributed by atoms with Gasteiger partial charge in [0.15, 0.2) is 11.5 Å². The number of methoxy groups -OCH3 is 1. The molecular formula is C20H20ClNO4. The molecule has 2 aliphatic heterocycles. The lowest BCUT2D eigenvalue weighted by atomic mass is 10.00. The first kappa shape index (κ1) is 17.0. The number of para-hydroxylation sites is 1. The van der Waals surface area contributed by atoms with Gasteiger partial charge in [0.25, 0.3) is 5.91 Å². The highest BCUT2D eigenvalue weighted by atomic mass is 35.5. The fourth-order valence-corrected chi connectivity index (χ4v) is 3.76. The van der Waals surface area contributed by atoms with Crippen LogP contribution in [0.5, 0.6) is 17.2 Å². The van der Waals surface area contributed by atoms with E-state index in [9.17, 15) is 4.79 Å². The molecule has 2 aliphatic rings. The van der Waals surface area contributed by atoms with Gasteiger partial charge in [-0.25, -0.2) is 0 Å². The molecule has 0 aliphatic carbocycles. The van der Waals surface area contributed by atoms with Crippen LogP contribution in [0.3, 0.4) is 0 Å². The number of aryl methyl sites for hydroxylation is 1. The van der Waals surface area contributed by atoms with Crippen molar-refractivity contribution in [2.45, 2.75) is 19.3 Å². The maximum atomic E-state index is 13.3. The Kier molecular flexibility index (Phi) is 4.64. The molecule has 0 spiro atoms. The fraction of sp³-hybridized carbons (Fsp3) is 0.350. The van der Waals surface area contributed by atoms with Crippen molar-refractivity contribution in [3.63, 3.8) is 0 Å². The second-order valence-corrected chi connectivity index (χ2v) is 6.77. The van der Waals surface area contributed by atoms with Crippen molar-refractivity contribution in [1.29, 1.82) is 0 Å². The number of anilines is 1. The highest BCUT2D eigenvalue weighted by molar-refractivity contribution is 6.33. The average Bonchev–Trinajstić information content (AvgIpc) is 2.92. The summed E-state index contributed by atoms with van der Waals surface area (Å²) < 4.78 is 16.9. The number of nitrogens with zero attached hydrogens (tertiary/aromatic N) is 1. The standard InChI is InChI=1S/C20H20ClNO4/c1-24-16-7-2-5-13-6-3-8-22(18(13)16)20(23)14-11-15(21)19-17(12-14)25-9-4-10-26-19/h2,5,7,11-12H,3-4,6,8-10H2,1H3. The zero-order chi connectivity index (χ0) is 18.1. The predicted octanol–water partition coefficient (Wildman–Crippen LogP) is 4.10. The Morgan fingerprint density at radius 2 is 2.04 bits per heavy atom. The maximum Gasteiger partial charge on any atom is 0.258 e. The monoisotopic (exact) mass is 373 g/mol. The van der Waals surface area contributed by atoms with Gasteiger partial charge in [0, 0.05) is 18.5 Å². The molecule has 0 unspecified atom stereocenters. The lowest BCUT2D eigenvalue weighted by Crippen LogP contribution is -2.35. The molecular weight excluding hydrogens is 354 g/mol. The second kappa shape index (κ2) is 7.08. The van der Waals surface area contributed by atoms with Crippen LogP contribution in [0.15, 0.2) is 30.3 Å². The summed E-state index contributed by atoms with van der Waals surface area (Å²) in [6.45, 7) is 1.73. The zero-order valence-corrected chi connectivity index (χ0v) is 15.3. The number of hydrogen-bond donors (Lipinski definition) is 0. The highest BCUT2D eigenvalue weighted by Crippen LogP contribution is 2.40. The predicted molar refractivity (Wildman–Crippen MR) is 100 cm³/mol. The van der Waals surface area contributed by atoms with Crippen LogP contribution in [-0.4, -0.2) is 32.8 Å². The van der Waals surface area contributed by atoms with Gasteiger partial charge >= 0.3 is 0 Å². The van der Waals surface area contributed by atoms with E-state index in [0.29, 0.717) is 47.6 Å². The van der Waals surface area contributed by atoms with E-state index in [4.69, 9.17) is 25.8 Å². The molecule has 2 aromatic carbocycles. The maximum absolute atomic E-state index is 13.3. The smallest absolute Gasteiger partial charge is 0.258 e. The minimum atomic E-state index is -0.118. The minimum absolute atomic E-state index is 0.118. The van der Waals surface area contributed by atoms with E-state index < -0.39 is 0 Å². The summed E-state index contributed by atoms with van der Waals surface area (Å²) in [7, 11) is 1.62. The van der Waals surface area contributed by atoms with E-state index in [2.05, 4.69) is 0 Å². The molecule has 0 aromatic heterocycles. The normalized spacial score (nSPS) is 15.8. The first-order chi connectivity index (χ1) is 12.7. The molecule has 0 bridgehead atoms. The Balaban J connectivity index is 1.74. The summed E-state index contributed by atoms with van der Waals surface area (Å²) in [6, 6.07) is 9.25. The second-order valence-electron chi connectivity index (χ2n) is 6.36. The molecule has 0 saturated heterocycles. The summed E-state index contributed by atoms with van der Waals surface area (Å²) in [4.78, 5) is 15.0. The van der Waals surface area contributed by atoms with Gasteiger partial charge in [0.1, 0.15) is 5.75 Å². The van der Waals surface area contributed by atoms with E-state index in [0.717, 1.165) is 30.5 Å². The molecule has 0 N–H and O–H groups in total. The summed E-state index contributed by atoms with van der Waals surface area (Å²) in [5, 5.41) is 0.394. The number of hydrogen-bond acceptors (Lipinski definition) is 4. The van der Waals surface area contributed by atoms with Gasteiger partial charge in [-0.1, -0.05) is 23.7 Å². The number of carbonyl (C=O) groups excluding carboxylic acids is 1. The van der Waals surface area contributed by atoms with Crippen molar-refractivity contribution in [3.05, 3.63) is 46.5 Å². The van der Waals surface area contributed by atoms with Crippen molar-refractivity contribution < 1.29 is 19.0 Å². The molecule has 26 heavy (non-hydrogen) atoms. The summed E-state index contributed by atoms with van der Waals surface area (Å²) in [5.74, 6) is 1.62. The van der Waals surface area contributed by atoms with Crippen molar-refractivity contribution in [3.8, 4) is 17.2 Å². The Morgan fingerprint density at radius 1 is 1.19 bits per heavy atom. The van der Waals surface area contributed by atoms with Gasteiger partial charge in [-0.15, -0.1) is 0 Å². The number of rotatable bonds is 2. The lowest BCUT2D eigenvalue weighted by Gasteiger charge is -2.31. The largest absolute Gasteiger partial charge is 0.495 e. The van der Waals surface area contributed by atoms with Crippen molar-refractivity contribution in [2.24, 2.45) is 0 Å². The van der Waals surface area contributed by atoms with Gasteiger partial charge in [0.05, 0.1) is 31.0 Å². The molecule has 0 fully saturated rings. The van der Waals surface area contributed by atoms with E-state index >= 15 is 0 Å². The van der Waals surface area contributed by atoms with Crippen LogP contribution in [0.4, 0.5) is 5.69 Å². The summed E-state index contributed by atoms with van der Waals surface area (Å²) in [6.07, 6.45) is 2.62. The first-order valence-corrected chi connectivity index (χ1v) is 9.13. The number of ether oxygens (including phenoxy) is 3. The van der Waals surface area contributed by atoms with Gasteiger partial charge in [-0.2, -0.15) is 0 Å². The Labute approximate surface area is 157 Å². The number of fused-ring (bicyclic) bond motifs is 2. The lowest BCUT2D eigenvalue weighted by molar-refractivity contribution is 0.0984. The van der Waals surface area contributed by atoms with Crippen LogP contribution in [0.2, 0.25) is 5.02 Å². The van der Waals surface area contributed by atoms with Crippen LogP contribution < -0.4 is 19.1 Å². The van der Waals surface area contributed by atoms with Gasteiger partial charge in [0.2, 0.25) is 0 Å². The molecule has 1 amide bonds. The number of benzene rings is 2. The molecule has 2 heterocycles. The summed E-state index contributed by atoms with van der Waals surface area (Å²) in [5.41, 5.74) is 2.44. The van der Waals surface area contributed by atoms with Crippen molar-refractivity contribution >= 4 is 23.2 Å². The Bertz CT molecular complexity index is 838. The highest BCUT2D eigenvalue weighted by Gasteiger charge is 2.28. The molecule has 0 radical (unpaired) electrons. The molecule has 0 saturated carbocycles. The molecule has 6 heteroatoms. The van der Waals surface area contributed by atoms with Crippen LogP contribution in [0.25, 0.3) is 0 Å². The van der Waals surface area contributed by atoms with E-state index in [1.54, 1.807) is 24.1 Å². The van der Waals surface area contributed by atoms with Crippen LogP contribution in [-0.2, 0) is 6.42 Å². The minimum Gasteiger partial charge on any atom is -0.495 e.